The van der Waals surface area contributed by atoms with Crippen LogP contribution in [0.5, 0.6) is 11.5 Å². The van der Waals surface area contributed by atoms with Crippen LogP contribution in [0.4, 0.5) is 5.13 Å². The first-order valence-corrected chi connectivity index (χ1v) is 10.1. The molecule has 3 aromatic rings. The lowest BCUT2D eigenvalue weighted by molar-refractivity contribution is 0.102. The molecule has 0 bridgehead atoms. The number of hydrogen-bond donors (Lipinski definition) is 1. The summed E-state index contributed by atoms with van der Waals surface area (Å²) in [5.74, 6) is 1.26. The second-order valence-corrected chi connectivity index (χ2v) is 7.07. The Morgan fingerprint density at radius 2 is 1.86 bits per heavy atom. The lowest BCUT2D eigenvalue weighted by atomic mass is 10.2. The maximum atomic E-state index is 12.4. The van der Waals surface area contributed by atoms with Crippen molar-refractivity contribution in [1.82, 2.24) is 10.2 Å². The van der Waals surface area contributed by atoms with Gasteiger partial charge in [-0.25, -0.2) is 0 Å². The van der Waals surface area contributed by atoms with Gasteiger partial charge in [-0.2, -0.15) is 0 Å². The summed E-state index contributed by atoms with van der Waals surface area (Å²) in [5.41, 5.74) is 1.80. The minimum absolute atomic E-state index is 0.239. The van der Waals surface area contributed by atoms with Gasteiger partial charge in [0.05, 0.1) is 13.2 Å². The van der Waals surface area contributed by atoms with E-state index in [0.717, 1.165) is 17.2 Å². The molecule has 0 aliphatic rings. The molecule has 0 saturated heterocycles. The molecule has 7 heteroatoms. The Morgan fingerprint density at radius 1 is 1.04 bits per heavy atom. The third kappa shape index (κ3) is 5.53. The molecule has 3 rings (SSSR count). The SMILES string of the molecule is CCOc1cccc(C(=O)Nc2nnc(CCOc3ccc(CC)cc3)s2)c1. The molecule has 0 saturated carbocycles. The van der Waals surface area contributed by atoms with Crippen LogP contribution in [-0.4, -0.2) is 29.3 Å². The number of rotatable bonds is 9. The number of nitrogens with zero attached hydrogens (tertiary/aromatic N) is 2. The lowest BCUT2D eigenvalue weighted by Gasteiger charge is -2.05. The summed E-state index contributed by atoms with van der Waals surface area (Å²) in [5, 5.41) is 12.2. The number of benzene rings is 2. The van der Waals surface area contributed by atoms with Crippen LogP contribution in [0.25, 0.3) is 0 Å². The molecule has 0 atom stereocenters. The van der Waals surface area contributed by atoms with Gasteiger partial charge in [0.25, 0.3) is 5.91 Å². The molecule has 1 aromatic heterocycles. The topological polar surface area (TPSA) is 73.3 Å². The summed E-state index contributed by atoms with van der Waals surface area (Å²) >= 11 is 1.35. The minimum Gasteiger partial charge on any atom is -0.494 e. The minimum atomic E-state index is -0.239. The number of carbonyl (C=O) groups excluding carboxylic acids is 1. The normalized spacial score (nSPS) is 10.5. The molecule has 0 spiro atoms. The monoisotopic (exact) mass is 397 g/mol. The zero-order chi connectivity index (χ0) is 19.8. The predicted molar refractivity (Wildman–Crippen MR) is 110 cm³/mol. The van der Waals surface area contributed by atoms with Gasteiger partial charge in [0.15, 0.2) is 0 Å². The molecule has 146 valence electrons. The Balaban J connectivity index is 1.50. The average Bonchev–Trinajstić information content (AvgIpc) is 3.16. The molecule has 6 nitrogen and oxygen atoms in total. The molecule has 0 unspecified atom stereocenters. The number of nitrogens with one attached hydrogen (secondary N) is 1. The highest BCUT2D eigenvalue weighted by Gasteiger charge is 2.11. The summed E-state index contributed by atoms with van der Waals surface area (Å²) in [6, 6.07) is 15.1. The van der Waals surface area contributed by atoms with Crippen LogP contribution < -0.4 is 14.8 Å². The summed E-state index contributed by atoms with van der Waals surface area (Å²) in [6.07, 6.45) is 1.64. The zero-order valence-corrected chi connectivity index (χ0v) is 16.8. The smallest absolute Gasteiger partial charge is 0.257 e. The maximum Gasteiger partial charge on any atom is 0.257 e. The van der Waals surface area contributed by atoms with Crippen molar-refractivity contribution in [3.05, 3.63) is 64.7 Å². The lowest BCUT2D eigenvalue weighted by Crippen LogP contribution is -2.11. The summed E-state index contributed by atoms with van der Waals surface area (Å²) in [4.78, 5) is 12.4. The quantitative estimate of drug-likeness (QED) is 0.580. The van der Waals surface area contributed by atoms with Gasteiger partial charge >= 0.3 is 0 Å². The van der Waals surface area contributed by atoms with Crippen LogP contribution in [0.1, 0.15) is 34.8 Å². The fourth-order valence-corrected chi connectivity index (χ4v) is 3.26. The van der Waals surface area contributed by atoms with E-state index in [4.69, 9.17) is 9.47 Å². The third-order valence-electron chi connectivity index (χ3n) is 4.01. The number of carbonyl (C=O) groups is 1. The molecule has 28 heavy (non-hydrogen) atoms. The highest BCUT2D eigenvalue weighted by atomic mass is 32.1. The van der Waals surface area contributed by atoms with Gasteiger partial charge in [-0.05, 0) is 49.2 Å². The first-order chi connectivity index (χ1) is 13.7. The maximum absolute atomic E-state index is 12.4. The van der Waals surface area contributed by atoms with E-state index in [9.17, 15) is 4.79 Å². The van der Waals surface area contributed by atoms with Gasteiger partial charge in [-0.1, -0.05) is 36.5 Å². The van der Waals surface area contributed by atoms with Gasteiger partial charge in [-0.3, -0.25) is 10.1 Å². The highest BCUT2D eigenvalue weighted by Crippen LogP contribution is 2.19. The number of ether oxygens (including phenoxy) is 2. The molecule has 0 aliphatic heterocycles. The number of aromatic nitrogens is 2. The second-order valence-electron chi connectivity index (χ2n) is 6.01. The van der Waals surface area contributed by atoms with Crippen molar-refractivity contribution in [2.45, 2.75) is 26.7 Å². The number of hydrogen-bond acceptors (Lipinski definition) is 6. The highest BCUT2D eigenvalue weighted by molar-refractivity contribution is 7.15. The predicted octanol–water partition coefficient (Wildman–Crippen LogP) is 4.37. The number of aryl methyl sites for hydroxylation is 1. The Hall–Kier alpha value is -2.93. The molecular weight excluding hydrogens is 374 g/mol. The Labute approximate surface area is 168 Å². The molecular formula is C21H23N3O3S. The van der Waals surface area contributed by atoms with Gasteiger partial charge in [-0.15, -0.1) is 10.2 Å². The van der Waals surface area contributed by atoms with E-state index in [2.05, 4.69) is 34.6 Å². The van der Waals surface area contributed by atoms with E-state index in [0.29, 0.717) is 36.1 Å². The Kier molecular flexibility index (Phi) is 6.97. The van der Waals surface area contributed by atoms with Crippen molar-refractivity contribution >= 4 is 22.4 Å². The van der Waals surface area contributed by atoms with Gasteiger partial charge in [0.2, 0.25) is 5.13 Å². The molecule has 2 aromatic carbocycles. The van der Waals surface area contributed by atoms with E-state index >= 15 is 0 Å². The molecule has 1 N–H and O–H groups in total. The van der Waals surface area contributed by atoms with Crippen LogP contribution in [0, 0.1) is 0 Å². The van der Waals surface area contributed by atoms with Crippen molar-refractivity contribution in [2.75, 3.05) is 18.5 Å². The van der Waals surface area contributed by atoms with Crippen LogP contribution in [-0.2, 0) is 12.8 Å². The number of anilines is 1. The summed E-state index contributed by atoms with van der Waals surface area (Å²) in [7, 11) is 0. The van der Waals surface area contributed by atoms with Crippen molar-refractivity contribution in [3.63, 3.8) is 0 Å². The van der Waals surface area contributed by atoms with Crippen molar-refractivity contribution < 1.29 is 14.3 Å². The second kappa shape index (κ2) is 9.85. The van der Waals surface area contributed by atoms with E-state index in [1.54, 1.807) is 18.2 Å². The Bertz CT molecular complexity index is 909. The first kappa shape index (κ1) is 19.8. The Morgan fingerprint density at radius 3 is 2.61 bits per heavy atom. The van der Waals surface area contributed by atoms with Gasteiger partial charge in [0, 0.05) is 12.0 Å². The average molecular weight is 398 g/mol. The third-order valence-corrected chi connectivity index (χ3v) is 4.91. The van der Waals surface area contributed by atoms with Crippen LogP contribution >= 0.6 is 11.3 Å². The van der Waals surface area contributed by atoms with Crippen molar-refractivity contribution in [1.29, 1.82) is 0 Å². The van der Waals surface area contributed by atoms with E-state index < -0.39 is 0 Å². The van der Waals surface area contributed by atoms with E-state index in [1.165, 1.54) is 16.9 Å². The first-order valence-electron chi connectivity index (χ1n) is 9.26. The van der Waals surface area contributed by atoms with Crippen LogP contribution in [0.3, 0.4) is 0 Å². The summed E-state index contributed by atoms with van der Waals surface area (Å²) < 4.78 is 11.2. The molecule has 0 radical (unpaired) electrons. The van der Waals surface area contributed by atoms with E-state index in [-0.39, 0.29) is 5.91 Å². The fourth-order valence-electron chi connectivity index (χ4n) is 2.55. The van der Waals surface area contributed by atoms with Gasteiger partial charge in [0.1, 0.15) is 16.5 Å². The standard InChI is InChI=1S/C21H23N3O3S/c1-3-15-8-10-17(11-9-15)27-13-12-19-23-24-21(28-19)22-20(25)16-6-5-7-18(14-16)26-4-2/h5-11,14H,3-4,12-13H2,1-2H3,(H,22,24,25). The van der Waals surface area contributed by atoms with Crippen LogP contribution in [0.15, 0.2) is 48.5 Å². The van der Waals surface area contributed by atoms with E-state index in [1.807, 2.05) is 25.1 Å². The van der Waals surface area contributed by atoms with Crippen molar-refractivity contribution in [3.8, 4) is 11.5 Å². The van der Waals surface area contributed by atoms with Crippen molar-refractivity contribution in [2.24, 2.45) is 0 Å². The zero-order valence-electron chi connectivity index (χ0n) is 16.0. The molecule has 0 fully saturated rings. The van der Waals surface area contributed by atoms with Crippen LogP contribution in [0.2, 0.25) is 0 Å². The largest absolute Gasteiger partial charge is 0.494 e. The summed E-state index contributed by atoms with van der Waals surface area (Å²) in [6.45, 7) is 5.08. The number of amides is 1. The molecule has 1 amide bonds. The van der Waals surface area contributed by atoms with Gasteiger partial charge < -0.3 is 9.47 Å². The molecule has 1 heterocycles. The molecule has 0 aliphatic carbocycles. The fraction of sp³-hybridized carbons (Fsp3) is 0.286.